The maximum absolute atomic E-state index is 11.7. The third kappa shape index (κ3) is 5.29. The molecule has 0 unspecified atom stereocenters. The molecular weight excluding hydrogens is 422 g/mol. The first-order valence-corrected chi connectivity index (χ1v) is 11.8. The molecule has 0 aliphatic rings. The van der Waals surface area contributed by atoms with E-state index < -0.39 is 5.97 Å². The van der Waals surface area contributed by atoms with Gasteiger partial charge in [0.25, 0.3) is 0 Å². The lowest BCUT2D eigenvalue weighted by molar-refractivity contribution is 0.0696. The van der Waals surface area contributed by atoms with Crippen LogP contribution in [0.4, 0.5) is 0 Å². The van der Waals surface area contributed by atoms with Crippen LogP contribution in [-0.2, 0) is 6.42 Å². The Bertz CT molecular complexity index is 1310. The SMILES string of the molecule is CCOc1cccc(CCN[C@H](C)c2cc(-c3ccc(C)c(C(=O)O)c3)c3ccccc3c2)c1. The molecule has 0 heterocycles. The summed E-state index contributed by atoms with van der Waals surface area (Å²) in [6, 6.07) is 26.7. The van der Waals surface area contributed by atoms with Crippen molar-refractivity contribution in [3.63, 3.8) is 0 Å². The molecule has 4 nitrogen and oxygen atoms in total. The molecule has 0 saturated heterocycles. The van der Waals surface area contributed by atoms with Gasteiger partial charge < -0.3 is 15.2 Å². The van der Waals surface area contributed by atoms with E-state index in [0.29, 0.717) is 12.2 Å². The van der Waals surface area contributed by atoms with E-state index >= 15 is 0 Å². The number of aromatic carboxylic acids is 1. The number of benzene rings is 4. The first kappa shape index (κ1) is 23.5. The van der Waals surface area contributed by atoms with Crippen molar-refractivity contribution in [3.05, 3.63) is 101 Å². The van der Waals surface area contributed by atoms with Gasteiger partial charge in [-0.3, -0.25) is 0 Å². The minimum Gasteiger partial charge on any atom is -0.494 e. The third-order valence-electron chi connectivity index (χ3n) is 6.24. The number of hydrogen-bond donors (Lipinski definition) is 2. The van der Waals surface area contributed by atoms with Crippen molar-refractivity contribution in [2.45, 2.75) is 33.2 Å². The molecule has 0 fully saturated rings. The Labute approximate surface area is 201 Å². The zero-order chi connectivity index (χ0) is 24.1. The summed E-state index contributed by atoms with van der Waals surface area (Å²) >= 11 is 0. The van der Waals surface area contributed by atoms with E-state index in [2.05, 4.69) is 48.6 Å². The molecule has 4 aromatic carbocycles. The Morgan fingerprint density at radius 1 is 1.00 bits per heavy atom. The zero-order valence-electron chi connectivity index (χ0n) is 20.0. The van der Waals surface area contributed by atoms with E-state index in [-0.39, 0.29) is 6.04 Å². The number of fused-ring (bicyclic) bond motifs is 1. The lowest BCUT2D eigenvalue weighted by Crippen LogP contribution is -2.21. The molecule has 0 aromatic heterocycles. The minimum absolute atomic E-state index is 0.142. The number of rotatable bonds is 9. The van der Waals surface area contributed by atoms with Crippen LogP contribution < -0.4 is 10.1 Å². The van der Waals surface area contributed by atoms with Crippen molar-refractivity contribution in [2.75, 3.05) is 13.2 Å². The number of carboxylic acids is 1. The number of nitrogens with one attached hydrogen (secondary N) is 1. The zero-order valence-corrected chi connectivity index (χ0v) is 20.0. The molecule has 0 spiro atoms. The van der Waals surface area contributed by atoms with Crippen molar-refractivity contribution in [2.24, 2.45) is 0 Å². The second kappa shape index (κ2) is 10.5. The van der Waals surface area contributed by atoms with Crippen LogP contribution in [-0.4, -0.2) is 24.2 Å². The van der Waals surface area contributed by atoms with Gasteiger partial charge in [-0.05, 0) is 103 Å². The Balaban J connectivity index is 1.59. The molecule has 0 bridgehead atoms. The van der Waals surface area contributed by atoms with Crippen molar-refractivity contribution >= 4 is 16.7 Å². The maximum Gasteiger partial charge on any atom is 0.335 e. The van der Waals surface area contributed by atoms with Gasteiger partial charge in [-0.15, -0.1) is 0 Å². The first-order valence-electron chi connectivity index (χ1n) is 11.8. The number of hydrogen-bond acceptors (Lipinski definition) is 3. The largest absolute Gasteiger partial charge is 0.494 e. The molecule has 34 heavy (non-hydrogen) atoms. The summed E-state index contributed by atoms with van der Waals surface area (Å²) in [5.74, 6) is 0.00861. The predicted molar refractivity (Wildman–Crippen MR) is 139 cm³/mol. The van der Waals surface area contributed by atoms with E-state index in [1.165, 1.54) is 11.1 Å². The van der Waals surface area contributed by atoms with Gasteiger partial charge in [-0.1, -0.05) is 48.5 Å². The molecule has 1 atom stereocenters. The fourth-order valence-electron chi connectivity index (χ4n) is 4.35. The van der Waals surface area contributed by atoms with Crippen molar-refractivity contribution in [1.82, 2.24) is 5.32 Å². The van der Waals surface area contributed by atoms with Gasteiger partial charge in [0.2, 0.25) is 0 Å². The fourth-order valence-corrected chi connectivity index (χ4v) is 4.35. The normalized spacial score (nSPS) is 12.0. The summed E-state index contributed by atoms with van der Waals surface area (Å²) in [6.07, 6.45) is 0.908. The highest BCUT2D eigenvalue weighted by atomic mass is 16.5. The Hall–Kier alpha value is -3.63. The van der Waals surface area contributed by atoms with E-state index in [4.69, 9.17) is 4.74 Å². The predicted octanol–water partition coefficient (Wildman–Crippen LogP) is 6.81. The molecule has 4 heteroatoms. The molecule has 0 aliphatic heterocycles. The van der Waals surface area contributed by atoms with Crippen molar-refractivity contribution < 1.29 is 14.6 Å². The molecule has 0 aliphatic carbocycles. The van der Waals surface area contributed by atoms with Crippen LogP contribution in [0.2, 0.25) is 0 Å². The van der Waals surface area contributed by atoms with Crippen LogP contribution in [0.1, 0.15) is 46.9 Å². The van der Waals surface area contributed by atoms with Crippen LogP contribution in [0.3, 0.4) is 0 Å². The number of aryl methyl sites for hydroxylation is 1. The maximum atomic E-state index is 11.7. The van der Waals surface area contributed by atoms with Gasteiger partial charge in [0.05, 0.1) is 12.2 Å². The second-order valence-electron chi connectivity index (χ2n) is 8.63. The molecule has 174 valence electrons. The van der Waals surface area contributed by atoms with E-state index in [1.54, 1.807) is 6.07 Å². The van der Waals surface area contributed by atoms with Gasteiger partial charge in [-0.25, -0.2) is 4.79 Å². The summed E-state index contributed by atoms with van der Waals surface area (Å²) in [5.41, 5.74) is 5.49. The Morgan fingerprint density at radius 3 is 2.62 bits per heavy atom. The highest BCUT2D eigenvalue weighted by Crippen LogP contribution is 2.33. The first-order chi connectivity index (χ1) is 16.5. The molecule has 0 amide bonds. The Kier molecular flexibility index (Phi) is 7.29. The molecule has 0 saturated carbocycles. The average Bonchev–Trinajstić information content (AvgIpc) is 2.84. The highest BCUT2D eigenvalue weighted by molar-refractivity contribution is 5.99. The molecule has 4 rings (SSSR count). The van der Waals surface area contributed by atoms with E-state index in [1.807, 2.05) is 50.2 Å². The van der Waals surface area contributed by atoms with Crippen LogP contribution in [0.15, 0.2) is 78.9 Å². The van der Waals surface area contributed by atoms with Gasteiger partial charge in [0.1, 0.15) is 5.75 Å². The summed E-state index contributed by atoms with van der Waals surface area (Å²) in [6.45, 7) is 7.50. The molecule has 4 aromatic rings. The summed E-state index contributed by atoms with van der Waals surface area (Å²) in [5, 5.41) is 15.5. The van der Waals surface area contributed by atoms with Crippen LogP contribution >= 0.6 is 0 Å². The molecule has 0 radical (unpaired) electrons. The summed E-state index contributed by atoms with van der Waals surface area (Å²) in [4.78, 5) is 11.7. The monoisotopic (exact) mass is 453 g/mol. The Morgan fingerprint density at radius 2 is 1.82 bits per heavy atom. The van der Waals surface area contributed by atoms with Crippen LogP contribution in [0.25, 0.3) is 21.9 Å². The lowest BCUT2D eigenvalue weighted by atomic mass is 9.92. The fraction of sp³-hybridized carbons (Fsp3) is 0.233. The third-order valence-corrected chi connectivity index (χ3v) is 6.24. The highest BCUT2D eigenvalue weighted by Gasteiger charge is 2.14. The van der Waals surface area contributed by atoms with Gasteiger partial charge in [-0.2, -0.15) is 0 Å². The van der Waals surface area contributed by atoms with Crippen molar-refractivity contribution in [3.8, 4) is 16.9 Å². The lowest BCUT2D eigenvalue weighted by Gasteiger charge is -2.18. The summed E-state index contributed by atoms with van der Waals surface area (Å²) < 4.78 is 5.61. The van der Waals surface area contributed by atoms with E-state index in [0.717, 1.165) is 46.2 Å². The van der Waals surface area contributed by atoms with Crippen LogP contribution in [0, 0.1) is 6.92 Å². The number of carboxylic acid groups (broad SMARTS) is 1. The minimum atomic E-state index is -0.900. The van der Waals surface area contributed by atoms with Crippen molar-refractivity contribution in [1.29, 1.82) is 0 Å². The smallest absolute Gasteiger partial charge is 0.335 e. The van der Waals surface area contributed by atoms with Gasteiger partial charge in [0.15, 0.2) is 0 Å². The standard InChI is InChI=1S/C30H31NO3/c1-4-34-26-10-7-8-22(16-26)14-15-31-21(3)25-17-23-9-5-6-11-27(23)29(19-25)24-13-12-20(2)28(18-24)30(32)33/h5-13,16-19,21,31H,4,14-15H2,1-3H3,(H,32,33)/t21-/m1/s1. The summed E-state index contributed by atoms with van der Waals surface area (Å²) in [7, 11) is 0. The van der Waals surface area contributed by atoms with Gasteiger partial charge in [0, 0.05) is 6.04 Å². The topological polar surface area (TPSA) is 58.6 Å². The number of ether oxygens (including phenoxy) is 1. The van der Waals surface area contributed by atoms with Gasteiger partial charge >= 0.3 is 5.97 Å². The molecule has 2 N–H and O–H groups in total. The van der Waals surface area contributed by atoms with Crippen LogP contribution in [0.5, 0.6) is 5.75 Å². The quantitative estimate of drug-likeness (QED) is 0.292. The molecular formula is C30H31NO3. The second-order valence-corrected chi connectivity index (χ2v) is 8.63. The number of carbonyl (C=O) groups is 1. The average molecular weight is 454 g/mol. The van der Waals surface area contributed by atoms with E-state index in [9.17, 15) is 9.90 Å².